The van der Waals surface area contributed by atoms with Gasteiger partial charge in [-0.2, -0.15) is 4.31 Å². The smallest absolute Gasteiger partial charge is 0.319 e. The van der Waals surface area contributed by atoms with Gasteiger partial charge in [-0.3, -0.25) is 4.79 Å². The van der Waals surface area contributed by atoms with Crippen LogP contribution in [0.3, 0.4) is 0 Å². The third-order valence-corrected chi connectivity index (χ3v) is 7.26. The third kappa shape index (κ3) is 6.55. The van der Waals surface area contributed by atoms with Gasteiger partial charge in [-0.1, -0.05) is 32.0 Å². The number of anilines is 2. The summed E-state index contributed by atoms with van der Waals surface area (Å²) in [6, 6.07) is 13.7. The van der Waals surface area contributed by atoms with Gasteiger partial charge in [-0.05, 0) is 56.2 Å². The number of para-hydroxylation sites is 1. The summed E-state index contributed by atoms with van der Waals surface area (Å²) >= 11 is 0. The summed E-state index contributed by atoms with van der Waals surface area (Å²) in [5.74, 6) is -0.573. The SMILES string of the molecule is CC(C)[C@H](NC(=O)Nc1ccccc1)C(=O)Nc1ccc(S(=O)(=O)N2C[C@@H](C)O[C@@H](C)C2)cc1. The van der Waals surface area contributed by atoms with Crippen LogP contribution in [0, 0.1) is 5.92 Å². The van der Waals surface area contributed by atoms with Crippen molar-refractivity contribution in [3.63, 3.8) is 0 Å². The number of hydrogen-bond acceptors (Lipinski definition) is 5. The van der Waals surface area contributed by atoms with Gasteiger partial charge in [0.25, 0.3) is 0 Å². The number of benzene rings is 2. The fourth-order valence-corrected chi connectivity index (χ4v) is 5.36. The lowest BCUT2D eigenvalue weighted by Crippen LogP contribution is -2.48. The Kier molecular flexibility index (Phi) is 8.29. The maximum absolute atomic E-state index is 13.0. The van der Waals surface area contributed by atoms with Crippen molar-refractivity contribution in [1.82, 2.24) is 9.62 Å². The van der Waals surface area contributed by atoms with Gasteiger partial charge in [0, 0.05) is 24.5 Å². The minimum Gasteiger partial charge on any atom is -0.373 e. The average Bonchev–Trinajstić information content (AvgIpc) is 2.77. The van der Waals surface area contributed by atoms with E-state index in [9.17, 15) is 18.0 Å². The van der Waals surface area contributed by atoms with Crippen LogP contribution in [0.4, 0.5) is 16.2 Å². The van der Waals surface area contributed by atoms with E-state index in [4.69, 9.17) is 4.74 Å². The normalized spacial score (nSPS) is 19.9. The molecule has 9 nitrogen and oxygen atoms in total. The molecule has 0 spiro atoms. The van der Waals surface area contributed by atoms with Gasteiger partial charge in [0.2, 0.25) is 15.9 Å². The van der Waals surface area contributed by atoms with Crippen molar-refractivity contribution < 1.29 is 22.7 Å². The first-order chi connectivity index (χ1) is 16.1. The van der Waals surface area contributed by atoms with Gasteiger partial charge in [0.15, 0.2) is 0 Å². The third-order valence-electron chi connectivity index (χ3n) is 5.41. The Bertz CT molecular complexity index is 1080. The molecule has 3 N–H and O–H groups in total. The lowest BCUT2D eigenvalue weighted by molar-refractivity contribution is -0.118. The van der Waals surface area contributed by atoms with Crippen molar-refractivity contribution in [2.24, 2.45) is 5.92 Å². The van der Waals surface area contributed by atoms with Crippen molar-refractivity contribution in [3.05, 3.63) is 54.6 Å². The summed E-state index contributed by atoms with van der Waals surface area (Å²) in [4.78, 5) is 25.3. The monoisotopic (exact) mass is 488 g/mol. The van der Waals surface area contributed by atoms with Gasteiger partial charge < -0.3 is 20.7 Å². The number of urea groups is 1. The minimum atomic E-state index is -3.67. The van der Waals surface area contributed by atoms with Crippen LogP contribution in [0.15, 0.2) is 59.5 Å². The fraction of sp³-hybridized carbons (Fsp3) is 0.417. The summed E-state index contributed by atoms with van der Waals surface area (Å²) < 4.78 is 33.1. The Morgan fingerprint density at radius 3 is 2.03 bits per heavy atom. The quantitative estimate of drug-likeness (QED) is 0.553. The van der Waals surface area contributed by atoms with E-state index < -0.39 is 28.0 Å². The number of amides is 3. The molecule has 0 unspecified atom stereocenters. The van der Waals surface area contributed by atoms with Crippen molar-refractivity contribution in [3.8, 4) is 0 Å². The van der Waals surface area contributed by atoms with Crippen LogP contribution in [0.2, 0.25) is 0 Å². The highest BCUT2D eigenvalue weighted by Crippen LogP contribution is 2.22. The van der Waals surface area contributed by atoms with Crippen LogP contribution in [-0.4, -0.2) is 56.0 Å². The van der Waals surface area contributed by atoms with Gasteiger partial charge in [-0.25, -0.2) is 13.2 Å². The second-order valence-corrected chi connectivity index (χ2v) is 10.7. The second kappa shape index (κ2) is 11.0. The van der Waals surface area contributed by atoms with Gasteiger partial charge in [0.05, 0.1) is 17.1 Å². The van der Waals surface area contributed by atoms with Crippen molar-refractivity contribution in [2.45, 2.75) is 50.8 Å². The summed E-state index contributed by atoms with van der Waals surface area (Å²) in [5.41, 5.74) is 1.05. The number of carbonyl (C=O) groups excluding carboxylic acids is 2. The number of nitrogens with one attached hydrogen (secondary N) is 3. The van der Waals surface area contributed by atoms with E-state index >= 15 is 0 Å². The number of ether oxygens (including phenoxy) is 1. The number of rotatable bonds is 7. The predicted octanol–water partition coefficient (Wildman–Crippen LogP) is 3.27. The van der Waals surface area contributed by atoms with E-state index in [1.54, 1.807) is 36.4 Å². The van der Waals surface area contributed by atoms with E-state index in [1.807, 2.05) is 33.8 Å². The van der Waals surface area contributed by atoms with Crippen molar-refractivity contribution in [1.29, 1.82) is 0 Å². The highest BCUT2D eigenvalue weighted by atomic mass is 32.2. The standard InChI is InChI=1S/C24H32N4O5S/c1-16(2)22(27-24(30)26-19-8-6-5-7-9-19)23(29)25-20-10-12-21(13-11-20)34(31,32)28-14-17(3)33-18(4)15-28/h5-13,16-18,22H,14-15H2,1-4H3,(H,25,29)(H2,26,27,30)/t17-,18+,22-/m0/s1. The summed E-state index contributed by atoms with van der Waals surface area (Å²) in [7, 11) is -3.67. The first-order valence-corrected chi connectivity index (χ1v) is 12.7. The van der Waals surface area contributed by atoms with E-state index in [0.29, 0.717) is 11.4 Å². The first kappa shape index (κ1) is 25.7. The first-order valence-electron chi connectivity index (χ1n) is 11.3. The Morgan fingerprint density at radius 1 is 0.912 bits per heavy atom. The number of hydrogen-bond donors (Lipinski definition) is 3. The molecule has 0 saturated carbocycles. The average molecular weight is 489 g/mol. The van der Waals surface area contributed by atoms with Gasteiger partial charge in [-0.15, -0.1) is 0 Å². The zero-order valence-electron chi connectivity index (χ0n) is 19.8. The number of nitrogens with zero attached hydrogens (tertiary/aromatic N) is 1. The Labute approximate surface area is 200 Å². The number of sulfonamides is 1. The maximum atomic E-state index is 13.0. The molecular formula is C24H32N4O5S. The molecule has 1 aliphatic heterocycles. The highest BCUT2D eigenvalue weighted by Gasteiger charge is 2.32. The Morgan fingerprint density at radius 2 is 1.47 bits per heavy atom. The molecule has 1 aliphatic rings. The highest BCUT2D eigenvalue weighted by molar-refractivity contribution is 7.89. The summed E-state index contributed by atoms with van der Waals surface area (Å²) in [5, 5.41) is 8.15. The summed E-state index contributed by atoms with van der Waals surface area (Å²) in [6.45, 7) is 7.92. The molecule has 3 rings (SSSR count). The Balaban J connectivity index is 1.64. The molecule has 2 aromatic carbocycles. The van der Waals surface area contributed by atoms with Crippen molar-refractivity contribution in [2.75, 3.05) is 23.7 Å². The zero-order chi connectivity index (χ0) is 24.9. The molecule has 10 heteroatoms. The van der Waals surface area contributed by atoms with Crippen LogP contribution >= 0.6 is 0 Å². The topological polar surface area (TPSA) is 117 Å². The van der Waals surface area contributed by atoms with Crippen LogP contribution in [0.1, 0.15) is 27.7 Å². The molecule has 0 aliphatic carbocycles. The molecule has 3 amide bonds. The molecule has 1 heterocycles. The molecule has 184 valence electrons. The number of morpholine rings is 1. The molecule has 1 saturated heterocycles. The van der Waals surface area contributed by atoms with Crippen LogP contribution in [0.5, 0.6) is 0 Å². The predicted molar refractivity (Wildman–Crippen MR) is 131 cm³/mol. The minimum absolute atomic E-state index is 0.146. The molecule has 2 aromatic rings. The molecule has 0 aromatic heterocycles. The molecule has 0 bridgehead atoms. The fourth-order valence-electron chi connectivity index (χ4n) is 3.77. The van der Waals surface area contributed by atoms with Gasteiger partial charge in [0.1, 0.15) is 6.04 Å². The van der Waals surface area contributed by atoms with E-state index in [0.717, 1.165) is 0 Å². The van der Waals surface area contributed by atoms with Gasteiger partial charge >= 0.3 is 6.03 Å². The van der Waals surface area contributed by atoms with E-state index in [-0.39, 0.29) is 36.1 Å². The molecule has 1 fully saturated rings. The number of carbonyl (C=O) groups is 2. The molecular weight excluding hydrogens is 456 g/mol. The Hall–Kier alpha value is -2.95. The lowest BCUT2D eigenvalue weighted by Gasteiger charge is -2.34. The molecule has 34 heavy (non-hydrogen) atoms. The molecule has 0 radical (unpaired) electrons. The van der Waals surface area contributed by atoms with Crippen LogP contribution in [-0.2, 0) is 19.6 Å². The zero-order valence-corrected chi connectivity index (χ0v) is 20.6. The van der Waals surface area contributed by atoms with Crippen LogP contribution in [0.25, 0.3) is 0 Å². The molecule has 3 atom stereocenters. The van der Waals surface area contributed by atoms with Crippen molar-refractivity contribution >= 4 is 33.3 Å². The second-order valence-electron chi connectivity index (χ2n) is 8.78. The van der Waals surface area contributed by atoms with E-state index in [1.165, 1.54) is 16.4 Å². The largest absolute Gasteiger partial charge is 0.373 e. The summed E-state index contributed by atoms with van der Waals surface area (Å²) in [6.07, 6.45) is -0.367. The maximum Gasteiger partial charge on any atom is 0.319 e. The van der Waals surface area contributed by atoms with E-state index in [2.05, 4.69) is 16.0 Å². The van der Waals surface area contributed by atoms with Crippen LogP contribution < -0.4 is 16.0 Å². The lowest BCUT2D eigenvalue weighted by atomic mass is 10.0.